The van der Waals surface area contributed by atoms with Crippen molar-refractivity contribution < 1.29 is 12.8 Å². The summed E-state index contributed by atoms with van der Waals surface area (Å²) in [6.45, 7) is 2.51. The third-order valence-corrected chi connectivity index (χ3v) is 6.36. The Bertz CT molecular complexity index is 1040. The van der Waals surface area contributed by atoms with Gasteiger partial charge in [0.05, 0.1) is 15.1 Å². The topological polar surface area (TPSA) is 51.4 Å². The zero-order valence-corrected chi connectivity index (χ0v) is 15.3. The summed E-state index contributed by atoms with van der Waals surface area (Å²) in [5.74, 6) is -0.488. The second-order valence-electron chi connectivity index (χ2n) is 4.74. The van der Waals surface area contributed by atoms with Crippen LogP contribution in [0.2, 0.25) is 0 Å². The summed E-state index contributed by atoms with van der Waals surface area (Å²) in [5.41, 5.74) is 0.910. The zero-order valence-electron chi connectivity index (χ0n) is 12.0. The lowest BCUT2D eigenvalue weighted by Gasteiger charge is -2.02. The van der Waals surface area contributed by atoms with Crippen molar-refractivity contribution in [2.75, 3.05) is 0 Å². The summed E-state index contributed by atoms with van der Waals surface area (Å²) < 4.78 is 45.5. The van der Waals surface area contributed by atoms with Crippen molar-refractivity contribution in [3.8, 4) is 0 Å². The van der Waals surface area contributed by atoms with Gasteiger partial charge in [0.25, 0.3) is 10.0 Å². The monoisotopic (exact) mass is 414 g/mol. The lowest BCUT2D eigenvalue weighted by Crippen LogP contribution is -2.16. The SMILES string of the molecule is CCn1c(=NS(=O)(=O)c2ccc(F)cc2)sc2cccc(Br)c21. The van der Waals surface area contributed by atoms with Crippen molar-refractivity contribution in [2.45, 2.75) is 18.4 Å². The number of hydrogen-bond acceptors (Lipinski definition) is 3. The standard InChI is InChI=1S/C15H12BrFN2O2S2/c1-2-19-14-12(16)4-3-5-13(14)22-15(19)18-23(20,21)11-8-6-10(17)7-9-11/h3-9H,2H2,1H3. The first-order valence-electron chi connectivity index (χ1n) is 6.77. The molecule has 0 aliphatic rings. The number of hydrogen-bond donors (Lipinski definition) is 0. The highest BCUT2D eigenvalue weighted by molar-refractivity contribution is 9.10. The normalized spacial score (nSPS) is 12.9. The second kappa shape index (κ2) is 6.18. The molecular weight excluding hydrogens is 403 g/mol. The number of para-hydroxylation sites is 1. The molecule has 8 heteroatoms. The fourth-order valence-corrected chi connectivity index (χ4v) is 5.25. The molecule has 0 saturated heterocycles. The molecule has 2 aromatic carbocycles. The maximum absolute atomic E-state index is 13.0. The van der Waals surface area contributed by atoms with Gasteiger partial charge in [-0.3, -0.25) is 0 Å². The van der Waals surface area contributed by atoms with Crippen LogP contribution in [0.1, 0.15) is 6.92 Å². The molecule has 3 rings (SSSR count). The minimum absolute atomic E-state index is 0.0296. The van der Waals surface area contributed by atoms with Crippen molar-refractivity contribution in [1.29, 1.82) is 0 Å². The fraction of sp³-hybridized carbons (Fsp3) is 0.133. The Kier molecular flexibility index (Phi) is 4.39. The van der Waals surface area contributed by atoms with E-state index in [2.05, 4.69) is 20.3 Å². The molecule has 1 aromatic heterocycles. The van der Waals surface area contributed by atoms with Gasteiger partial charge in [0.2, 0.25) is 4.80 Å². The molecule has 0 N–H and O–H groups in total. The van der Waals surface area contributed by atoms with Crippen molar-refractivity contribution in [3.05, 3.63) is 57.6 Å². The summed E-state index contributed by atoms with van der Waals surface area (Å²) in [5, 5.41) is 0. The van der Waals surface area contributed by atoms with Gasteiger partial charge in [-0.2, -0.15) is 8.42 Å². The molecule has 1 heterocycles. The molecule has 0 aliphatic carbocycles. The van der Waals surface area contributed by atoms with Crippen LogP contribution < -0.4 is 4.80 Å². The molecule has 0 atom stereocenters. The van der Waals surface area contributed by atoms with E-state index in [4.69, 9.17) is 0 Å². The number of benzene rings is 2. The average molecular weight is 415 g/mol. The summed E-state index contributed by atoms with van der Waals surface area (Å²) >= 11 is 4.79. The number of nitrogens with zero attached hydrogens (tertiary/aromatic N) is 2. The third kappa shape index (κ3) is 3.11. The number of aryl methyl sites for hydroxylation is 1. The molecule has 0 saturated carbocycles. The molecule has 0 spiro atoms. The number of sulfonamides is 1. The Labute approximate surface area is 145 Å². The van der Waals surface area contributed by atoms with E-state index in [0.29, 0.717) is 11.3 Å². The van der Waals surface area contributed by atoms with Crippen LogP contribution in [-0.4, -0.2) is 13.0 Å². The van der Waals surface area contributed by atoms with Crippen LogP contribution in [0.4, 0.5) is 4.39 Å². The predicted molar refractivity (Wildman–Crippen MR) is 92.3 cm³/mol. The van der Waals surface area contributed by atoms with Gasteiger partial charge in [0.15, 0.2) is 0 Å². The second-order valence-corrected chi connectivity index (χ2v) is 8.20. The van der Waals surface area contributed by atoms with Gasteiger partial charge in [0.1, 0.15) is 5.82 Å². The molecule has 3 aromatic rings. The quantitative estimate of drug-likeness (QED) is 0.651. The Morgan fingerprint density at radius 2 is 1.91 bits per heavy atom. The van der Waals surface area contributed by atoms with Crippen LogP contribution in [0.15, 0.2) is 56.2 Å². The average Bonchev–Trinajstić information content (AvgIpc) is 2.85. The Morgan fingerprint density at radius 1 is 1.22 bits per heavy atom. The molecule has 0 aliphatic heterocycles. The minimum atomic E-state index is -3.89. The summed E-state index contributed by atoms with van der Waals surface area (Å²) in [6.07, 6.45) is 0. The van der Waals surface area contributed by atoms with Crippen LogP contribution >= 0.6 is 27.3 Å². The van der Waals surface area contributed by atoms with Crippen molar-refractivity contribution in [1.82, 2.24) is 4.57 Å². The molecule has 0 amide bonds. The Hall–Kier alpha value is -1.51. The van der Waals surface area contributed by atoms with E-state index in [1.165, 1.54) is 23.5 Å². The first-order valence-corrected chi connectivity index (χ1v) is 9.82. The largest absolute Gasteiger partial charge is 0.315 e. The van der Waals surface area contributed by atoms with Crippen LogP contribution in [0.3, 0.4) is 0 Å². The van der Waals surface area contributed by atoms with Crippen LogP contribution in [-0.2, 0) is 16.6 Å². The number of fused-ring (bicyclic) bond motifs is 1. The summed E-state index contributed by atoms with van der Waals surface area (Å²) in [4.78, 5) is 0.358. The molecule has 23 heavy (non-hydrogen) atoms. The Balaban J connectivity index is 2.25. The molecule has 0 unspecified atom stereocenters. The van der Waals surface area contributed by atoms with Crippen molar-refractivity contribution in [2.24, 2.45) is 4.40 Å². The van der Waals surface area contributed by atoms with E-state index in [0.717, 1.165) is 26.8 Å². The maximum Gasteiger partial charge on any atom is 0.285 e. The van der Waals surface area contributed by atoms with Crippen molar-refractivity contribution in [3.63, 3.8) is 0 Å². The van der Waals surface area contributed by atoms with Crippen molar-refractivity contribution >= 4 is 47.5 Å². The fourth-order valence-electron chi connectivity index (χ4n) is 2.21. The van der Waals surface area contributed by atoms with Crippen LogP contribution in [0, 0.1) is 5.82 Å². The zero-order chi connectivity index (χ0) is 16.6. The minimum Gasteiger partial charge on any atom is -0.315 e. The first kappa shape index (κ1) is 16.4. The van der Waals surface area contributed by atoms with E-state index in [1.54, 1.807) is 0 Å². The molecule has 0 fully saturated rings. The predicted octanol–water partition coefficient (Wildman–Crippen LogP) is 3.91. The van der Waals surface area contributed by atoms with Gasteiger partial charge in [-0.25, -0.2) is 4.39 Å². The van der Waals surface area contributed by atoms with Crippen LogP contribution in [0.5, 0.6) is 0 Å². The third-order valence-electron chi connectivity index (χ3n) is 3.28. The number of halogens is 2. The van der Waals surface area contributed by atoms with Gasteiger partial charge < -0.3 is 4.57 Å². The summed E-state index contributed by atoms with van der Waals surface area (Å²) in [7, 11) is -3.89. The number of aromatic nitrogens is 1. The van der Waals surface area contributed by atoms with Gasteiger partial charge in [-0.15, -0.1) is 4.40 Å². The Morgan fingerprint density at radius 3 is 2.57 bits per heavy atom. The molecule has 0 radical (unpaired) electrons. The maximum atomic E-state index is 13.0. The lowest BCUT2D eigenvalue weighted by atomic mass is 10.3. The van der Waals surface area contributed by atoms with E-state index < -0.39 is 15.8 Å². The van der Waals surface area contributed by atoms with E-state index >= 15 is 0 Å². The van der Waals surface area contributed by atoms with Crippen LogP contribution in [0.25, 0.3) is 10.2 Å². The van der Waals surface area contributed by atoms with Gasteiger partial charge in [0, 0.05) is 11.0 Å². The molecule has 0 bridgehead atoms. The smallest absolute Gasteiger partial charge is 0.285 e. The van der Waals surface area contributed by atoms with E-state index in [-0.39, 0.29) is 4.90 Å². The van der Waals surface area contributed by atoms with Gasteiger partial charge in [-0.1, -0.05) is 17.4 Å². The molecular formula is C15H12BrFN2O2S2. The molecule has 120 valence electrons. The number of rotatable bonds is 3. The highest BCUT2D eigenvalue weighted by Crippen LogP contribution is 2.26. The van der Waals surface area contributed by atoms with Gasteiger partial charge >= 0.3 is 0 Å². The lowest BCUT2D eigenvalue weighted by molar-refractivity contribution is 0.594. The number of thiazole rings is 1. The molecule has 4 nitrogen and oxygen atoms in total. The van der Waals surface area contributed by atoms with Gasteiger partial charge in [-0.05, 0) is 59.3 Å². The highest BCUT2D eigenvalue weighted by Gasteiger charge is 2.15. The van der Waals surface area contributed by atoms with E-state index in [1.807, 2.05) is 29.7 Å². The van der Waals surface area contributed by atoms with E-state index in [9.17, 15) is 12.8 Å². The first-order chi connectivity index (χ1) is 10.9. The highest BCUT2D eigenvalue weighted by atomic mass is 79.9. The summed E-state index contributed by atoms with van der Waals surface area (Å²) in [6, 6.07) is 10.4.